The summed E-state index contributed by atoms with van der Waals surface area (Å²) in [5.74, 6) is 0.243. The molecule has 3 rings (SSSR count). The van der Waals surface area contributed by atoms with Gasteiger partial charge in [0.1, 0.15) is 0 Å². The molecule has 0 aromatic heterocycles. The molecule has 0 aromatic rings. The maximum absolute atomic E-state index is 10.5. The molecule has 0 amide bonds. The summed E-state index contributed by atoms with van der Waals surface area (Å²) >= 11 is 0. The predicted molar refractivity (Wildman–Crippen MR) is 64.7 cm³/mol. The Morgan fingerprint density at radius 2 is 1.76 bits per heavy atom. The first kappa shape index (κ1) is 11.9. The highest BCUT2D eigenvalue weighted by atomic mass is 16.5. The second-order valence-electron chi connectivity index (χ2n) is 6.39. The standard InChI is InChI=1S/C14H24O3/c15-12(14(16)7-1-2-8-14)11-4-9-17-13(10-11)5-3-6-13/h11-12,15-16H,1-10H2. The lowest BCUT2D eigenvalue weighted by Crippen LogP contribution is -2.52. The fourth-order valence-electron chi connectivity index (χ4n) is 3.98. The average Bonchev–Trinajstić information content (AvgIpc) is 2.75. The van der Waals surface area contributed by atoms with Crippen LogP contribution >= 0.6 is 0 Å². The zero-order valence-corrected chi connectivity index (χ0v) is 10.5. The van der Waals surface area contributed by atoms with E-state index in [0.29, 0.717) is 0 Å². The maximum Gasteiger partial charge on any atom is 0.0908 e. The van der Waals surface area contributed by atoms with Gasteiger partial charge in [-0.25, -0.2) is 0 Å². The van der Waals surface area contributed by atoms with Gasteiger partial charge in [-0.05, 0) is 50.9 Å². The van der Waals surface area contributed by atoms with E-state index in [1.54, 1.807) is 0 Å². The molecule has 3 fully saturated rings. The van der Waals surface area contributed by atoms with Crippen LogP contribution in [-0.4, -0.2) is 34.1 Å². The summed E-state index contributed by atoms with van der Waals surface area (Å²) in [5, 5.41) is 21.0. The Bertz CT molecular complexity index is 279. The van der Waals surface area contributed by atoms with E-state index in [1.807, 2.05) is 0 Å². The third-order valence-corrected chi connectivity index (χ3v) is 5.26. The minimum Gasteiger partial charge on any atom is -0.390 e. The highest BCUT2D eigenvalue weighted by Crippen LogP contribution is 2.47. The molecule has 3 heteroatoms. The van der Waals surface area contributed by atoms with E-state index in [1.165, 1.54) is 6.42 Å². The van der Waals surface area contributed by atoms with Gasteiger partial charge in [0.15, 0.2) is 0 Å². The molecule has 1 heterocycles. The predicted octanol–water partition coefficient (Wildman–Crippen LogP) is 2.00. The van der Waals surface area contributed by atoms with Gasteiger partial charge in [0.05, 0.1) is 17.3 Å². The molecule has 0 bridgehead atoms. The molecule has 0 radical (unpaired) electrons. The molecule has 2 aliphatic carbocycles. The van der Waals surface area contributed by atoms with Crippen LogP contribution in [0.25, 0.3) is 0 Å². The van der Waals surface area contributed by atoms with Crippen molar-refractivity contribution >= 4 is 0 Å². The molecule has 2 saturated carbocycles. The molecule has 2 atom stereocenters. The van der Waals surface area contributed by atoms with Crippen molar-refractivity contribution < 1.29 is 14.9 Å². The molecule has 3 nitrogen and oxygen atoms in total. The second kappa shape index (κ2) is 4.22. The number of hydrogen-bond acceptors (Lipinski definition) is 3. The first-order valence-electron chi connectivity index (χ1n) is 7.18. The van der Waals surface area contributed by atoms with Crippen LogP contribution in [0.2, 0.25) is 0 Å². The van der Waals surface area contributed by atoms with E-state index in [9.17, 15) is 10.2 Å². The fourth-order valence-corrected chi connectivity index (χ4v) is 3.98. The van der Waals surface area contributed by atoms with Crippen LogP contribution in [0.4, 0.5) is 0 Å². The second-order valence-corrected chi connectivity index (χ2v) is 6.39. The molecule has 1 spiro atoms. The van der Waals surface area contributed by atoms with Gasteiger partial charge in [0.2, 0.25) is 0 Å². The van der Waals surface area contributed by atoms with Crippen LogP contribution in [0.5, 0.6) is 0 Å². The Labute approximate surface area is 103 Å². The summed E-state index contributed by atoms with van der Waals surface area (Å²) in [5.41, 5.74) is -0.730. The molecule has 98 valence electrons. The number of rotatable bonds is 2. The van der Waals surface area contributed by atoms with Crippen molar-refractivity contribution in [1.29, 1.82) is 0 Å². The van der Waals surface area contributed by atoms with Crippen LogP contribution in [0.1, 0.15) is 57.8 Å². The minimum atomic E-state index is -0.799. The van der Waals surface area contributed by atoms with E-state index in [2.05, 4.69) is 0 Å². The topological polar surface area (TPSA) is 49.7 Å². The fraction of sp³-hybridized carbons (Fsp3) is 1.00. The maximum atomic E-state index is 10.5. The van der Waals surface area contributed by atoms with Crippen molar-refractivity contribution in [2.45, 2.75) is 75.1 Å². The lowest BCUT2D eigenvalue weighted by molar-refractivity contribution is -0.180. The third-order valence-electron chi connectivity index (χ3n) is 5.26. The number of aliphatic hydroxyl groups excluding tert-OH is 1. The first-order valence-corrected chi connectivity index (χ1v) is 7.18. The van der Waals surface area contributed by atoms with Gasteiger partial charge in [0.25, 0.3) is 0 Å². The van der Waals surface area contributed by atoms with Gasteiger partial charge in [-0.3, -0.25) is 0 Å². The van der Waals surface area contributed by atoms with Gasteiger partial charge in [-0.1, -0.05) is 12.8 Å². The minimum absolute atomic E-state index is 0.0683. The summed E-state index contributed by atoms with van der Waals surface area (Å²) in [6, 6.07) is 0. The van der Waals surface area contributed by atoms with Gasteiger partial charge >= 0.3 is 0 Å². The monoisotopic (exact) mass is 240 g/mol. The first-order chi connectivity index (χ1) is 8.14. The number of hydrogen-bond donors (Lipinski definition) is 2. The lowest BCUT2D eigenvalue weighted by Gasteiger charge is -2.49. The van der Waals surface area contributed by atoms with Crippen LogP contribution in [0.3, 0.4) is 0 Å². The van der Waals surface area contributed by atoms with E-state index < -0.39 is 11.7 Å². The molecular formula is C14H24O3. The van der Waals surface area contributed by atoms with E-state index in [-0.39, 0.29) is 11.5 Å². The van der Waals surface area contributed by atoms with Crippen molar-refractivity contribution in [3.63, 3.8) is 0 Å². The highest BCUT2D eigenvalue weighted by molar-refractivity contribution is 5.00. The van der Waals surface area contributed by atoms with Gasteiger partial charge in [0, 0.05) is 6.61 Å². The molecule has 1 saturated heterocycles. The van der Waals surface area contributed by atoms with Crippen LogP contribution in [-0.2, 0) is 4.74 Å². The number of ether oxygens (including phenoxy) is 1. The Balaban J connectivity index is 1.66. The molecule has 17 heavy (non-hydrogen) atoms. The lowest BCUT2D eigenvalue weighted by atomic mass is 9.69. The summed E-state index contributed by atoms with van der Waals surface area (Å²) in [7, 11) is 0. The average molecular weight is 240 g/mol. The Kier molecular flexibility index (Phi) is 2.96. The normalized spacial score (nSPS) is 36.7. The molecule has 2 unspecified atom stereocenters. The van der Waals surface area contributed by atoms with Crippen molar-refractivity contribution in [3.05, 3.63) is 0 Å². The molecule has 1 aliphatic heterocycles. The van der Waals surface area contributed by atoms with Crippen molar-refractivity contribution in [3.8, 4) is 0 Å². The van der Waals surface area contributed by atoms with Crippen LogP contribution in [0.15, 0.2) is 0 Å². The van der Waals surface area contributed by atoms with E-state index in [4.69, 9.17) is 4.74 Å². The van der Waals surface area contributed by atoms with Gasteiger partial charge in [-0.2, -0.15) is 0 Å². The van der Waals surface area contributed by atoms with Crippen LogP contribution in [0, 0.1) is 5.92 Å². The van der Waals surface area contributed by atoms with Gasteiger partial charge in [-0.15, -0.1) is 0 Å². The molecule has 3 aliphatic rings. The smallest absolute Gasteiger partial charge is 0.0908 e. The van der Waals surface area contributed by atoms with E-state index >= 15 is 0 Å². The molecular weight excluding hydrogens is 216 g/mol. The third kappa shape index (κ3) is 2.02. The molecule has 2 N–H and O–H groups in total. The van der Waals surface area contributed by atoms with Crippen molar-refractivity contribution in [2.24, 2.45) is 5.92 Å². The van der Waals surface area contributed by atoms with E-state index in [0.717, 1.165) is 58.0 Å². The summed E-state index contributed by atoms with van der Waals surface area (Å²) in [6.07, 6.45) is 8.55. The Hall–Kier alpha value is -0.120. The molecule has 0 aromatic carbocycles. The highest BCUT2D eigenvalue weighted by Gasteiger charge is 2.49. The Morgan fingerprint density at radius 3 is 2.35 bits per heavy atom. The zero-order valence-electron chi connectivity index (χ0n) is 10.5. The van der Waals surface area contributed by atoms with Crippen LogP contribution < -0.4 is 0 Å². The quantitative estimate of drug-likeness (QED) is 0.776. The van der Waals surface area contributed by atoms with Crippen molar-refractivity contribution in [2.75, 3.05) is 6.61 Å². The summed E-state index contributed by atoms with van der Waals surface area (Å²) in [6.45, 7) is 0.762. The summed E-state index contributed by atoms with van der Waals surface area (Å²) < 4.78 is 5.88. The summed E-state index contributed by atoms with van der Waals surface area (Å²) in [4.78, 5) is 0. The zero-order chi connectivity index (χ0) is 11.9. The van der Waals surface area contributed by atoms with Crippen molar-refractivity contribution in [1.82, 2.24) is 0 Å². The number of aliphatic hydroxyl groups is 2. The SMILES string of the molecule is OC(C1CCOC2(CCC2)C1)C1(O)CCCC1. The largest absolute Gasteiger partial charge is 0.390 e. The Morgan fingerprint density at radius 1 is 1.06 bits per heavy atom. The van der Waals surface area contributed by atoms with Gasteiger partial charge < -0.3 is 14.9 Å².